The second-order valence-corrected chi connectivity index (χ2v) is 4.76. The maximum atomic E-state index is 5.74. The van der Waals surface area contributed by atoms with Crippen LogP contribution in [0.3, 0.4) is 0 Å². The van der Waals surface area contributed by atoms with Crippen molar-refractivity contribution in [2.75, 3.05) is 6.54 Å². The molecule has 2 atom stereocenters. The predicted octanol–water partition coefficient (Wildman–Crippen LogP) is 3.31. The van der Waals surface area contributed by atoms with Crippen LogP contribution in [0.2, 0.25) is 0 Å². The molecule has 1 aliphatic rings. The highest BCUT2D eigenvalue weighted by Crippen LogP contribution is 2.56. The molecule has 0 aliphatic heterocycles. The van der Waals surface area contributed by atoms with Crippen molar-refractivity contribution in [1.82, 2.24) is 0 Å². The van der Waals surface area contributed by atoms with Crippen LogP contribution in [0.15, 0.2) is 30.3 Å². The van der Waals surface area contributed by atoms with Gasteiger partial charge < -0.3 is 5.73 Å². The fourth-order valence-corrected chi connectivity index (χ4v) is 3.09. The second kappa shape index (κ2) is 4.36. The van der Waals surface area contributed by atoms with E-state index in [1.165, 1.54) is 31.2 Å². The van der Waals surface area contributed by atoms with Gasteiger partial charge in [0.05, 0.1) is 0 Å². The lowest BCUT2D eigenvalue weighted by molar-refractivity contribution is 0.0750. The van der Waals surface area contributed by atoms with Gasteiger partial charge in [-0.05, 0) is 49.1 Å². The molecule has 2 rings (SSSR count). The summed E-state index contributed by atoms with van der Waals surface area (Å²) in [4.78, 5) is 0. The lowest BCUT2D eigenvalue weighted by Crippen LogP contribution is -2.39. The highest BCUT2D eigenvalue weighted by atomic mass is 14.6. The Morgan fingerprint density at radius 2 is 2.07 bits per heavy atom. The fourth-order valence-electron chi connectivity index (χ4n) is 3.09. The fraction of sp³-hybridized carbons (Fsp3) is 0.571. The van der Waals surface area contributed by atoms with Crippen molar-refractivity contribution >= 4 is 0 Å². The Balaban J connectivity index is 2.17. The van der Waals surface area contributed by atoms with Crippen molar-refractivity contribution in [2.24, 2.45) is 11.1 Å². The molecule has 0 bridgehead atoms. The molecule has 1 saturated carbocycles. The molecule has 15 heavy (non-hydrogen) atoms. The van der Waals surface area contributed by atoms with Gasteiger partial charge in [-0.2, -0.15) is 0 Å². The highest BCUT2D eigenvalue weighted by molar-refractivity contribution is 5.25. The van der Waals surface area contributed by atoms with Crippen LogP contribution in [0.1, 0.15) is 44.1 Å². The Bertz CT molecular complexity index is 302. The number of hydrogen-bond donors (Lipinski definition) is 1. The number of hydrogen-bond acceptors (Lipinski definition) is 1. The molecule has 0 aromatic heterocycles. The summed E-state index contributed by atoms with van der Waals surface area (Å²) in [6.45, 7) is 3.14. The van der Waals surface area contributed by atoms with E-state index < -0.39 is 0 Å². The second-order valence-electron chi connectivity index (χ2n) is 4.76. The molecule has 1 aliphatic carbocycles. The van der Waals surface area contributed by atoms with Gasteiger partial charge >= 0.3 is 0 Å². The summed E-state index contributed by atoms with van der Waals surface area (Å²) in [7, 11) is 0. The van der Waals surface area contributed by atoms with Crippen LogP contribution in [-0.4, -0.2) is 6.54 Å². The van der Waals surface area contributed by atoms with E-state index in [1.54, 1.807) is 0 Å². The van der Waals surface area contributed by atoms with Crippen molar-refractivity contribution in [3.8, 4) is 0 Å². The minimum atomic E-state index is 0.510. The van der Waals surface area contributed by atoms with Crippen LogP contribution >= 0.6 is 0 Å². The molecule has 1 fully saturated rings. The third-order valence-electron chi connectivity index (χ3n) is 4.22. The zero-order chi connectivity index (χ0) is 10.7. The maximum absolute atomic E-state index is 5.74. The molecule has 2 N–H and O–H groups in total. The molecule has 0 amide bonds. The summed E-state index contributed by atoms with van der Waals surface area (Å²) < 4.78 is 0. The third kappa shape index (κ3) is 1.81. The third-order valence-corrected chi connectivity index (χ3v) is 4.22. The summed E-state index contributed by atoms with van der Waals surface area (Å²) in [5.74, 6) is 0.757. The van der Waals surface area contributed by atoms with Gasteiger partial charge in [-0.25, -0.2) is 0 Å². The first-order valence-electron chi connectivity index (χ1n) is 6.07. The van der Waals surface area contributed by atoms with Gasteiger partial charge in [0.15, 0.2) is 0 Å². The van der Waals surface area contributed by atoms with Crippen molar-refractivity contribution in [3.63, 3.8) is 0 Å². The van der Waals surface area contributed by atoms with Crippen molar-refractivity contribution < 1.29 is 0 Å². The van der Waals surface area contributed by atoms with Gasteiger partial charge in [-0.3, -0.25) is 0 Å². The van der Waals surface area contributed by atoms with Crippen LogP contribution in [-0.2, 0) is 0 Å². The molecular weight excluding hydrogens is 182 g/mol. The average molecular weight is 203 g/mol. The van der Waals surface area contributed by atoms with E-state index >= 15 is 0 Å². The van der Waals surface area contributed by atoms with Crippen molar-refractivity contribution in [2.45, 2.75) is 38.5 Å². The van der Waals surface area contributed by atoms with E-state index in [4.69, 9.17) is 5.73 Å². The van der Waals surface area contributed by atoms with Gasteiger partial charge in [0.25, 0.3) is 0 Å². The van der Waals surface area contributed by atoms with Gasteiger partial charge in [0.2, 0.25) is 0 Å². The van der Waals surface area contributed by atoms with E-state index in [-0.39, 0.29) is 0 Å². The Hall–Kier alpha value is -0.820. The standard InChI is InChI=1S/C14H21N/c1-2-14(10-11-15)9-8-13(14)12-6-4-3-5-7-12/h3-7,13H,2,8-11,15H2,1H3. The van der Waals surface area contributed by atoms with Crippen LogP contribution in [0.5, 0.6) is 0 Å². The van der Waals surface area contributed by atoms with Crippen LogP contribution in [0.4, 0.5) is 0 Å². The minimum absolute atomic E-state index is 0.510. The minimum Gasteiger partial charge on any atom is -0.330 e. The lowest BCUT2D eigenvalue weighted by atomic mass is 9.55. The van der Waals surface area contributed by atoms with Crippen LogP contribution < -0.4 is 5.73 Å². The average Bonchev–Trinajstić information content (AvgIpc) is 2.26. The SMILES string of the molecule is CCC1(CCN)CCC1c1ccccc1. The van der Waals surface area contributed by atoms with Crippen LogP contribution in [0, 0.1) is 5.41 Å². The van der Waals surface area contributed by atoms with Gasteiger partial charge in [-0.1, -0.05) is 37.3 Å². The smallest absolute Gasteiger partial charge is 0.00718 e. The summed E-state index contributed by atoms with van der Waals surface area (Å²) in [5.41, 5.74) is 7.76. The molecule has 0 spiro atoms. The van der Waals surface area contributed by atoms with E-state index in [0.29, 0.717) is 5.41 Å². The Morgan fingerprint density at radius 3 is 2.53 bits per heavy atom. The molecular formula is C14H21N. The molecule has 1 nitrogen and oxygen atoms in total. The topological polar surface area (TPSA) is 26.0 Å². The van der Waals surface area contributed by atoms with E-state index in [9.17, 15) is 0 Å². The summed E-state index contributed by atoms with van der Waals surface area (Å²) in [5, 5.41) is 0. The molecule has 0 heterocycles. The van der Waals surface area contributed by atoms with Crippen molar-refractivity contribution in [1.29, 1.82) is 0 Å². The summed E-state index contributed by atoms with van der Waals surface area (Å²) in [6, 6.07) is 10.9. The van der Waals surface area contributed by atoms with Crippen molar-refractivity contribution in [3.05, 3.63) is 35.9 Å². The van der Waals surface area contributed by atoms with E-state index in [2.05, 4.69) is 37.3 Å². The molecule has 1 aromatic carbocycles. The number of nitrogens with two attached hydrogens (primary N) is 1. The molecule has 1 heteroatoms. The first-order valence-corrected chi connectivity index (χ1v) is 6.07. The van der Waals surface area contributed by atoms with E-state index in [1.807, 2.05) is 0 Å². The van der Waals surface area contributed by atoms with Crippen LogP contribution in [0.25, 0.3) is 0 Å². The normalized spacial score (nSPS) is 29.9. The maximum Gasteiger partial charge on any atom is -0.00718 e. The van der Waals surface area contributed by atoms with E-state index in [0.717, 1.165) is 12.5 Å². The zero-order valence-corrected chi connectivity index (χ0v) is 9.58. The first kappa shape index (κ1) is 10.7. The Labute approximate surface area is 92.7 Å². The molecule has 82 valence electrons. The summed E-state index contributed by atoms with van der Waals surface area (Å²) in [6.07, 6.45) is 5.16. The zero-order valence-electron chi connectivity index (χ0n) is 9.58. The Morgan fingerprint density at radius 1 is 1.33 bits per heavy atom. The Kier molecular flexibility index (Phi) is 3.11. The lowest BCUT2D eigenvalue weighted by Gasteiger charge is -2.50. The molecule has 1 aromatic rings. The largest absolute Gasteiger partial charge is 0.330 e. The summed E-state index contributed by atoms with van der Waals surface area (Å²) >= 11 is 0. The van der Waals surface area contributed by atoms with Gasteiger partial charge in [-0.15, -0.1) is 0 Å². The predicted molar refractivity (Wildman–Crippen MR) is 64.8 cm³/mol. The van der Waals surface area contributed by atoms with Gasteiger partial charge in [0, 0.05) is 0 Å². The molecule has 0 saturated heterocycles. The number of rotatable bonds is 4. The first-order chi connectivity index (χ1) is 7.32. The monoisotopic (exact) mass is 203 g/mol. The quantitative estimate of drug-likeness (QED) is 0.798. The highest BCUT2D eigenvalue weighted by Gasteiger charge is 2.44. The number of benzene rings is 1. The van der Waals surface area contributed by atoms with Gasteiger partial charge in [0.1, 0.15) is 0 Å². The molecule has 2 unspecified atom stereocenters. The molecule has 0 radical (unpaired) electrons.